The minimum absolute atomic E-state index is 0.0830. The van der Waals surface area contributed by atoms with E-state index in [1.807, 2.05) is 51.7 Å². The molecule has 8 heteroatoms. The molecule has 0 radical (unpaired) electrons. The first-order valence-electron chi connectivity index (χ1n) is 14.0. The smallest absolute Gasteiger partial charge is 0.277 e. The van der Waals surface area contributed by atoms with Gasteiger partial charge in [0.1, 0.15) is 25.1 Å². The number of nitrogens with zero attached hydrogens (tertiary/aromatic N) is 3. The van der Waals surface area contributed by atoms with Crippen LogP contribution in [0.4, 0.5) is 0 Å². The molecular formula is C33H31N3O4S. The molecule has 0 fully saturated rings. The van der Waals surface area contributed by atoms with Crippen molar-refractivity contribution >= 4 is 17.7 Å². The summed E-state index contributed by atoms with van der Waals surface area (Å²) in [5, 5.41) is 2.19. The molecule has 1 aromatic heterocycles. The van der Waals surface area contributed by atoms with Crippen molar-refractivity contribution in [2.75, 3.05) is 24.8 Å². The quantitative estimate of drug-likeness (QED) is 0.323. The SMILES string of the molecule is C[C@@H]1CCOc2cccc3c2[C@H](c2ccccc2SC3)N2CN(C1)C(=O)c1c(OCc3ccccc3)c(=O)ccn12. The summed E-state index contributed by atoms with van der Waals surface area (Å²) in [6.45, 7) is 3.82. The monoisotopic (exact) mass is 565 g/mol. The summed E-state index contributed by atoms with van der Waals surface area (Å²) in [6.07, 6.45) is 2.53. The zero-order chi connectivity index (χ0) is 27.9. The van der Waals surface area contributed by atoms with E-state index in [-0.39, 0.29) is 41.3 Å². The molecule has 0 spiro atoms. The van der Waals surface area contributed by atoms with E-state index in [0.29, 0.717) is 19.8 Å². The molecule has 0 aliphatic carbocycles. The Kier molecular flexibility index (Phi) is 6.71. The number of carbonyl (C=O) groups excluding carboxylic acids is 1. The fourth-order valence-electron chi connectivity index (χ4n) is 6.04. The Balaban J connectivity index is 1.45. The molecule has 208 valence electrons. The largest absolute Gasteiger partial charge is 0.493 e. The van der Waals surface area contributed by atoms with Gasteiger partial charge in [0.05, 0.1) is 6.61 Å². The average Bonchev–Trinajstić information content (AvgIpc) is 3.17. The lowest BCUT2D eigenvalue weighted by Gasteiger charge is -2.44. The molecule has 41 heavy (non-hydrogen) atoms. The van der Waals surface area contributed by atoms with Crippen molar-refractivity contribution < 1.29 is 14.3 Å². The van der Waals surface area contributed by atoms with E-state index in [0.717, 1.165) is 34.6 Å². The molecule has 0 unspecified atom stereocenters. The zero-order valence-corrected chi connectivity index (χ0v) is 23.7. The van der Waals surface area contributed by atoms with Crippen molar-refractivity contribution in [1.29, 1.82) is 0 Å². The van der Waals surface area contributed by atoms with Crippen molar-refractivity contribution in [3.8, 4) is 11.5 Å². The van der Waals surface area contributed by atoms with E-state index in [9.17, 15) is 9.59 Å². The molecule has 7 rings (SSSR count). The van der Waals surface area contributed by atoms with Crippen molar-refractivity contribution in [1.82, 2.24) is 9.58 Å². The highest BCUT2D eigenvalue weighted by Gasteiger charge is 2.40. The summed E-state index contributed by atoms with van der Waals surface area (Å²) in [5.74, 6) is 1.77. The molecule has 0 saturated heterocycles. The summed E-state index contributed by atoms with van der Waals surface area (Å²) in [6, 6.07) is 25.7. The van der Waals surface area contributed by atoms with E-state index in [2.05, 4.69) is 54.4 Å². The second-order valence-corrected chi connectivity index (χ2v) is 11.9. The van der Waals surface area contributed by atoms with Gasteiger partial charge in [-0.3, -0.25) is 19.3 Å². The van der Waals surface area contributed by atoms with Gasteiger partial charge in [-0.2, -0.15) is 0 Å². The van der Waals surface area contributed by atoms with Gasteiger partial charge in [-0.15, -0.1) is 11.8 Å². The first-order chi connectivity index (χ1) is 20.1. The number of pyridine rings is 1. The summed E-state index contributed by atoms with van der Waals surface area (Å²) in [7, 11) is 0. The molecule has 0 N–H and O–H groups in total. The molecular weight excluding hydrogens is 534 g/mol. The van der Waals surface area contributed by atoms with Crippen LogP contribution in [0.3, 0.4) is 0 Å². The lowest BCUT2D eigenvalue weighted by Crippen LogP contribution is -2.56. The third-order valence-corrected chi connectivity index (χ3v) is 9.21. The number of benzene rings is 3. The van der Waals surface area contributed by atoms with Gasteiger partial charge in [0.25, 0.3) is 5.91 Å². The molecule has 2 bridgehead atoms. The minimum Gasteiger partial charge on any atom is -0.493 e. The summed E-state index contributed by atoms with van der Waals surface area (Å²) < 4.78 is 14.5. The fraction of sp³-hybridized carbons (Fsp3) is 0.273. The van der Waals surface area contributed by atoms with Crippen molar-refractivity contribution in [2.24, 2.45) is 5.92 Å². The van der Waals surface area contributed by atoms with Crippen LogP contribution in [0.5, 0.6) is 11.5 Å². The Morgan fingerprint density at radius 1 is 0.976 bits per heavy atom. The highest BCUT2D eigenvalue weighted by molar-refractivity contribution is 7.98. The van der Waals surface area contributed by atoms with Crippen LogP contribution < -0.4 is 19.9 Å². The van der Waals surface area contributed by atoms with E-state index in [1.165, 1.54) is 16.5 Å². The van der Waals surface area contributed by atoms with Crippen LogP contribution in [-0.2, 0) is 12.4 Å². The molecule has 3 aliphatic rings. The summed E-state index contributed by atoms with van der Waals surface area (Å²) in [4.78, 5) is 30.5. The first-order valence-corrected chi connectivity index (χ1v) is 15.0. The maximum Gasteiger partial charge on any atom is 0.277 e. The first kappa shape index (κ1) is 25.8. The molecule has 4 aromatic rings. The number of fused-ring (bicyclic) bond motifs is 7. The molecule has 4 heterocycles. The normalized spacial score (nSPS) is 19.6. The Hall–Kier alpha value is -4.17. The number of rotatable bonds is 3. The van der Waals surface area contributed by atoms with Gasteiger partial charge >= 0.3 is 0 Å². The number of aromatic nitrogens is 1. The molecule has 0 saturated carbocycles. The number of thioether (sulfide) groups is 1. The Morgan fingerprint density at radius 3 is 2.68 bits per heavy atom. The number of amides is 1. The number of hydrogen-bond acceptors (Lipinski definition) is 6. The predicted octanol–water partition coefficient (Wildman–Crippen LogP) is 5.59. The lowest BCUT2D eigenvalue weighted by atomic mass is 9.93. The predicted molar refractivity (Wildman–Crippen MR) is 159 cm³/mol. The topological polar surface area (TPSA) is 64.0 Å². The molecule has 3 aromatic carbocycles. The van der Waals surface area contributed by atoms with E-state index < -0.39 is 0 Å². The van der Waals surface area contributed by atoms with E-state index in [4.69, 9.17) is 9.47 Å². The van der Waals surface area contributed by atoms with Gasteiger partial charge in [0, 0.05) is 35.0 Å². The number of carbonyl (C=O) groups is 1. The Bertz CT molecular complexity index is 1670. The minimum atomic E-state index is -0.305. The van der Waals surface area contributed by atoms with Crippen molar-refractivity contribution in [3.63, 3.8) is 0 Å². The summed E-state index contributed by atoms with van der Waals surface area (Å²) >= 11 is 1.81. The highest BCUT2D eigenvalue weighted by atomic mass is 32.2. The van der Waals surface area contributed by atoms with Crippen molar-refractivity contribution in [2.45, 2.75) is 36.6 Å². The molecule has 1 amide bonds. The summed E-state index contributed by atoms with van der Waals surface area (Å²) in [5.41, 5.74) is 4.33. The fourth-order valence-corrected chi connectivity index (χ4v) is 7.12. The van der Waals surface area contributed by atoms with E-state index >= 15 is 0 Å². The molecule has 2 atom stereocenters. The van der Waals surface area contributed by atoms with Crippen LogP contribution in [0.1, 0.15) is 52.1 Å². The van der Waals surface area contributed by atoms with Crippen LogP contribution in [0.25, 0.3) is 0 Å². The zero-order valence-electron chi connectivity index (χ0n) is 22.9. The Labute approximate surface area is 243 Å². The van der Waals surface area contributed by atoms with Crippen LogP contribution >= 0.6 is 11.8 Å². The maximum absolute atomic E-state index is 14.2. The van der Waals surface area contributed by atoms with Crippen LogP contribution in [0.2, 0.25) is 0 Å². The van der Waals surface area contributed by atoms with Gasteiger partial charge in [-0.05, 0) is 41.2 Å². The average molecular weight is 566 g/mol. The van der Waals surface area contributed by atoms with Gasteiger partial charge in [0.2, 0.25) is 5.43 Å². The van der Waals surface area contributed by atoms with Gasteiger partial charge in [-0.25, -0.2) is 0 Å². The second-order valence-electron chi connectivity index (χ2n) is 10.9. The highest BCUT2D eigenvalue weighted by Crippen LogP contribution is 2.46. The van der Waals surface area contributed by atoms with Crippen molar-refractivity contribution in [3.05, 3.63) is 123 Å². The number of ether oxygens (including phenoxy) is 2. The third kappa shape index (κ3) is 4.66. The van der Waals surface area contributed by atoms with Crippen LogP contribution in [-0.4, -0.2) is 35.3 Å². The third-order valence-electron chi connectivity index (χ3n) is 8.07. The second kappa shape index (κ2) is 10.7. The number of hydrogen-bond donors (Lipinski definition) is 0. The van der Waals surface area contributed by atoms with Gasteiger partial charge in [-0.1, -0.05) is 67.6 Å². The lowest BCUT2D eigenvalue weighted by molar-refractivity contribution is 0.0644. The maximum atomic E-state index is 14.2. The Morgan fingerprint density at radius 2 is 1.80 bits per heavy atom. The van der Waals surface area contributed by atoms with Crippen LogP contribution in [0, 0.1) is 5.92 Å². The van der Waals surface area contributed by atoms with Crippen LogP contribution in [0.15, 0.2) is 94.7 Å². The standard InChI is InChI=1S/C33H31N3O4S/c1-22-15-17-39-27-12-7-10-24-20-41-28-13-6-5-11-25(28)30(29(24)27)36-21-34(18-22)33(38)31-32(26(37)14-16-35(31)36)40-19-23-8-3-2-4-9-23/h2-14,16,22,30H,15,17-21H2,1H3/t22-,30+/m1/s1. The van der Waals surface area contributed by atoms with Gasteiger partial charge in [0.15, 0.2) is 11.4 Å². The van der Waals surface area contributed by atoms with Gasteiger partial charge < -0.3 is 14.4 Å². The van der Waals surface area contributed by atoms with E-state index in [1.54, 1.807) is 6.20 Å². The molecule has 3 aliphatic heterocycles. The molecule has 7 nitrogen and oxygen atoms in total.